The van der Waals surface area contributed by atoms with Gasteiger partial charge in [-0.15, -0.1) is 0 Å². The molecule has 1 aliphatic rings. The van der Waals surface area contributed by atoms with Crippen molar-refractivity contribution in [3.05, 3.63) is 23.7 Å². The van der Waals surface area contributed by atoms with Crippen molar-refractivity contribution in [1.29, 1.82) is 0 Å². The van der Waals surface area contributed by atoms with E-state index in [0.29, 0.717) is 6.10 Å². The molecule has 1 unspecified atom stereocenters. The van der Waals surface area contributed by atoms with Crippen LogP contribution >= 0.6 is 0 Å². The summed E-state index contributed by atoms with van der Waals surface area (Å²) >= 11 is 0. The van der Waals surface area contributed by atoms with Crippen LogP contribution in [0.3, 0.4) is 0 Å². The Kier molecular flexibility index (Phi) is 5.23. The van der Waals surface area contributed by atoms with Crippen LogP contribution in [0.5, 0.6) is 0 Å². The minimum absolute atomic E-state index is 0.401. The number of nitrogens with zero attached hydrogens (tertiary/aromatic N) is 1. The molecule has 1 fully saturated rings. The molecule has 0 aliphatic carbocycles. The van der Waals surface area contributed by atoms with E-state index in [4.69, 9.17) is 9.15 Å². The molecule has 0 amide bonds. The Bertz CT molecular complexity index is 351. The predicted octanol–water partition coefficient (Wildman–Crippen LogP) is 2.00. The van der Waals surface area contributed by atoms with Gasteiger partial charge in [0.15, 0.2) is 0 Å². The van der Waals surface area contributed by atoms with E-state index in [1.807, 2.05) is 0 Å². The molecule has 4 nitrogen and oxygen atoms in total. The smallest absolute Gasteiger partial charge is 0.122 e. The van der Waals surface area contributed by atoms with Crippen LogP contribution in [0.1, 0.15) is 31.1 Å². The maximum absolute atomic E-state index is 5.55. The van der Waals surface area contributed by atoms with Crippen molar-refractivity contribution in [3.8, 4) is 0 Å². The van der Waals surface area contributed by atoms with Crippen molar-refractivity contribution >= 4 is 0 Å². The molecule has 2 rings (SSSR count). The first-order valence-corrected chi connectivity index (χ1v) is 6.84. The Labute approximate surface area is 109 Å². The third kappa shape index (κ3) is 3.57. The first-order valence-electron chi connectivity index (χ1n) is 6.84. The van der Waals surface area contributed by atoms with Gasteiger partial charge < -0.3 is 14.5 Å². The van der Waals surface area contributed by atoms with Gasteiger partial charge in [-0.05, 0) is 25.5 Å². The monoisotopic (exact) mass is 252 g/mol. The lowest BCUT2D eigenvalue weighted by molar-refractivity contribution is 0.107. The van der Waals surface area contributed by atoms with Gasteiger partial charge in [0.1, 0.15) is 5.76 Å². The number of methoxy groups -OCH3 is 1. The number of nitrogens with one attached hydrogen (secondary N) is 1. The van der Waals surface area contributed by atoms with E-state index < -0.39 is 0 Å². The van der Waals surface area contributed by atoms with Crippen LogP contribution in [-0.4, -0.2) is 37.7 Å². The predicted molar refractivity (Wildman–Crippen MR) is 71.4 cm³/mol. The van der Waals surface area contributed by atoms with E-state index in [0.717, 1.165) is 51.3 Å². The number of furan rings is 1. The van der Waals surface area contributed by atoms with Crippen LogP contribution in [0.4, 0.5) is 0 Å². The van der Waals surface area contributed by atoms with Crippen LogP contribution < -0.4 is 5.32 Å². The van der Waals surface area contributed by atoms with E-state index in [-0.39, 0.29) is 0 Å². The van der Waals surface area contributed by atoms with Gasteiger partial charge in [-0.2, -0.15) is 0 Å². The van der Waals surface area contributed by atoms with Crippen LogP contribution in [0.25, 0.3) is 0 Å². The van der Waals surface area contributed by atoms with Crippen molar-refractivity contribution < 1.29 is 9.15 Å². The molecule has 1 saturated heterocycles. The molecule has 1 N–H and O–H groups in total. The zero-order valence-electron chi connectivity index (χ0n) is 11.4. The Morgan fingerprint density at radius 2 is 2.44 bits per heavy atom. The highest BCUT2D eigenvalue weighted by atomic mass is 16.5. The molecular weight excluding hydrogens is 228 g/mol. The minimum atomic E-state index is 0.401. The van der Waals surface area contributed by atoms with Crippen LogP contribution in [-0.2, 0) is 17.8 Å². The fraction of sp³-hybridized carbons (Fsp3) is 0.714. The van der Waals surface area contributed by atoms with Crippen LogP contribution in [0.2, 0.25) is 0 Å². The number of ether oxygens (including phenoxy) is 1. The molecule has 0 aromatic carbocycles. The molecule has 1 aliphatic heterocycles. The van der Waals surface area contributed by atoms with Crippen LogP contribution in [0.15, 0.2) is 16.7 Å². The summed E-state index contributed by atoms with van der Waals surface area (Å²) in [5.41, 5.74) is 1.30. The van der Waals surface area contributed by atoms with Gasteiger partial charge in [0, 0.05) is 32.3 Å². The summed E-state index contributed by atoms with van der Waals surface area (Å²) < 4.78 is 10.9. The average Bonchev–Trinajstić information content (AvgIpc) is 3.00. The van der Waals surface area contributed by atoms with Crippen LogP contribution in [0, 0.1) is 0 Å². The lowest BCUT2D eigenvalue weighted by Crippen LogP contribution is -2.23. The van der Waals surface area contributed by atoms with E-state index in [1.54, 1.807) is 13.4 Å². The molecule has 2 heterocycles. The maximum Gasteiger partial charge on any atom is 0.122 e. The lowest BCUT2D eigenvalue weighted by atomic mass is 10.2. The molecular formula is C14H24N2O2. The number of hydrogen-bond acceptors (Lipinski definition) is 4. The highest BCUT2D eigenvalue weighted by molar-refractivity contribution is 5.17. The second kappa shape index (κ2) is 6.92. The first-order chi connectivity index (χ1) is 8.83. The third-order valence-corrected chi connectivity index (χ3v) is 3.51. The third-order valence-electron chi connectivity index (χ3n) is 3.51. The molecule has 1 aromatic rings. The van der Waals surface area contributed by atoms with Gasteiger partial charge in [-0.1, -0.05) is 6.92 Å². The van der Waals surface area contributed by atoms with Crippen molar-refractivity contribution in [2.45, 2.75) is 39.0 Å². The Hall–Kier alpha value is -0.840. The Balaban J connectivity index is 1.84. The van der Waals surface area contributed by atoms with E-state index in [9.17, 15) is 0 Å². The number of hydrogen-bond donors (Lipinski definition) is 1. The SMILES string of the molecule is CCCNCc1occc1CN1CCC(OC)C1. The summed E-state index contributed by atoms with van der Waals surface area (Å²) in [5.74, 6) is 1.07. The largest absolute Gasteiger partial charge is 0.468 e. The highest BCUT2D eigenvalue weighted by Gasteiger charge is 2.23. The van der Waals surface area contributed by atoms with Crippen molar-refractivity contribution in [2.75, 3.05) is 26.7 Å². The molecule has 0 saturated carbocycles. The second-order valence-corrected chi connectivity index (χ2v) is 4.93. The molecule has 0 spiro atoms. The second-order valence-electron chi connectivity index (χ2n) is 4.93. The molecule has 102 valence electrons. The van der Waals surface area contributed by atoms with Gasteiger partial charge in [0.05, 0.1) is 18.9 Å². The first kappa shape index (κ1) is 13.6. The van der Waals surface area contributed by atoms with E-state index >= 15 is 0 Å². The van der Waals surface area contributed by atoms with Crippen molar-refractivity contribution in [2.24, 2.45) is 0 Å². The van der Waals surface area contributed by atoms with Gasteiger partial charge in [-0.25, -0.2) is 0 Å². The van der Waals surface area contributed by atoms with Gasteiger partial charge in [0.25, 0.3) is 0 Å². The fourth-order valence-electron chi connectivity index (χ4n) is 2.42. The van der Waals surface area contributed by atoms with Gasteiger partial charge in [0.2, 0.25) is 0 Å². The van der Waals surface area contributed by atoms with Crippen molar-refractivity contribution in [3.63, 3.8) is 0 Å². The molecule has 1 atom stereocenters. The van der Waals surface area contributed by atoms with Gasteiger partial charge in [-0.3, -0.25) is 4.90 Å². The zero-order chi connectivity index (χ0) is 12.8. The summed E-state index contributed by atoms with van der Waals surface area (Å²) in [7, 11) is 1.80. The number of rotatable bonds is 7. The average molecular weight is 252 g/mol. The topological polar surface area (TPSA) is 37.6 Å². The molecule has 4 heteroatoms. The quantitative estimate of drug-likeness (QED) is 0.753. The highest BCUT2D eigenvalue weighted by Crippen LogP contribution is 2.18. The normalized spacial score (nSPS) is 20.7. The fourth-order valence-corrected chi connectivity index (χ4v) is 2.42. The summed E-state index contributed by atoms with van der Waals surface area (Å²) in [6.07, 6.45) is 4.48. The summed E-state index contributed by atoms with van der Waals surface area (Å²) in [6, 6.07) is 2.09. The standard InChI is InChI=1S/C14H24N2O2/c1-3-6-15-9-14-12(5-8-18-14)10-16-7-4-13(11-16)17-2/h5,8,13,15H,3-4,6-7,9-11H2,1-2H3. The lowest BCUT2D eigenvalue weighted by Gasteiger charge is -2.15. The minimum Gasteiger partial charge on any atom is -0.468 e. The van der Waals surface area contributed by atoms with Crippen molar-refractivity contribution in [1.82, 2.24) is 10.2 Å². The zero-order valence-corrected chi connectivity index (χ0v) is 11.4. The van der Waals surface area contributed by atoms with E-state index in [1.165, 1.54) is 5.56 Å². The van der Waals surface area contributed by atoms with E-state index in [2.05, 4.69) is 23.2 Å². The summed E-state index contributed by atoms with van der Waals surface area (Å²) in [5, 5.41) is 3.39. The summed E-state index contributed by atoms with van der Waals surface area (Å²) in [4.78, 5) is 2.43. The Morgan fingerprint density at radius 3 is 3.17 bits per heavy atom. The Morgan fingerprint density at radius 1 is 1.56 bits per heavy atom. The molecule has 18 heavy (non-hydrogen) atoms. The molecule has 1 aromatic heterocycles. The molecule has 0 radical (unpaired) electrons. The maximum atomic E-state index is 5.55. The summed E-state index contributed by atoms with van der Waals surface area (Å²) in [6.45, 7) is 7.16. The van der Waals surface area contributed by atoms with Gasteiger partial charge >= 0.3 is 0 Å². The molecule has 0 bridgehead atoms. The number of likely N-dealkylation sites (tertiary alicyclic amines) is 1.